The smallest absolute Gasteiger partial charge is 0.314 e. The normalized spacial score (nSPS) is 28.6. The number of amidine groups is 1. The zero-order chi connectivity index (χ0) is 7.14. The van der Waals surface area contributed by atoms with Crippen LogP contribution >= 0.6 is 22.6 Å². The first-order valence-corrected chi connectivity index (χ1v) is 4.21. The summed E-state index contributed by atoms with van der Waals surface area (Å²) in [5, 5.41) is 3.13. The lowest BCUT2D eigenvalue weighted by atomic mass is 10.4. The van der Waals surface area contributed by atoms with Gasteiger partial charge in [0, 0.05) is 6.08 Å². The molecule has 0 aliphatic carbocycles. The van der Waals surface area contributed by atoms with Gasteiger partial charge in [0.25, 0.3) is 5.88 Å². The standard InChI is InChI=1S/C6H7IN2O/c1-10-5-2-4-3-9(4)6(7)8-5/h2,4H,3H2,1H3/p+1/t4-,9?/m1/s1. The van der Waals surface area contributed by atoms with E-state index in [0.717, 1.165) is 12.4 Å². The maximum Gasteiger partial charge on any atom is 0.314 e. The second kappa shape index (κ2) is 2.11. The van der Waals surface area contributed by atoms with E-state index in [2.05, 4.69) is 38.6 Å². The van der Waals surface area contributed by atoms with E-state index >= 15 is 0 Å². The van der Waals surface area contributed by atoms with Gasteiger partial charge in [0.1, 0.15) is 6.54 Å². The number of methoxy groups -OCH3 is 1. The van der Waals surface area contributed by atoms with Gasteiger partial charge in [-0.2, -0.15) is 0 Å². The molecule has 1 N–H and O–H groups in total. The lowest BCUT2D eigenvalue weighted by molar-refractivity contribution is -0.352. The molecule has 0 bridgehead atoms. The van der Waals surface area contributed by atoms with Gasteiger partial charge in [-0.25, -0.2) is 9.89 Å². The fourth-order valence-electron chi connectivity index (χ4n) is 1.03. The first-order chi connectivity index (χ1) is 4.81. The summed E-state index contributed by atoms with van der Waals surface area (Å²) in [7, 11) is 1.68. The van der Waals surface area contributed by atoms with E-state index in [1.165, 1.54) is 3.84 Å². The number of nitrogens with zero attached hydrogens (tertiary/aromatic N) is 1. The third-order valence-corrected chi connectivity index (χ3v) is 2.58. The van der Waals surface area contributed by atoms with Crippen LogP contribution in [0.25, 0.3) is 0 Å². The molecule has 2 rings (SSSR count). The minimum atomic E-state index is 0.600. The van der Waals surface area contributed by atoms with Crippen molar-refractivity contribution in [3.05, 3.63) is 12.0 Å². The van der Waals surface area contributed by atoms with Crippen molar-refractivity contribution >= 4 is 26.4 Å². The predicted molar refractivity (Wildman–Crippen MR) is 46.2 cm³/mol. The minimum Gasteiger partial charge on any atom is -0.466 e. The average molecular weight is 251 g/mol. The Morgan fingerprint density at radius 2 is 2.70 bits per heavy atom. The SMILES string of the molecule is COC1=C[C@@H]2C[N+]2=C(I)N1. The van der Waals surface area contributed by atoms with Crippen LogP contribution in [0.1, 0.15) is 0 Å². The first kappa shape index (κ1) is 6.45. The molecule has 10 heavy (non-hydrogen) atoms. The lowest BCUT2D eigenvalue weighted by Gasteiger charge is -2.03. The highest BCUT2D eigenvalue weighted by atomic mass is 127. The van der Waals surface area contributed by atoms with Crippen molar-refractivity contribution in [3.8, 4) is 0 Å². The van der Waals surface area contributed by atoms with Crippen LogP contribution in [0, 0.1) is 0 Å². The molecule has 0 aromatic rings. The molecule has 4 heteroatoms. The van der Waals surface area contributed by atoms with Crippen LogP contribution in [0.15, 0.2) is 12.0 Å². The highest BCUT2D eigenvalue weighted by Gasteiger charge is 2.40. The summed E-state index contributed by atoms with van der Waals surface area (Å²) in [4.78, 5) is 0. The summed E-state index contributed by atoms with van der Waals surface area (Å²) in [5.41, 5.74) is 0. The summed E-state index contributed by atoms with van der Waals surface area (Å²) in [6.45, 7) is 1.14. The summed E-state index contributed by atoms with van der Waals surface area (Å²) >= 11 is 2.27. The van der Waals surface area contributed by atoms with Crippen LogP contribution in [0.4, 0.5) is 0 Å². The Morgan fingerprint density at radius 1 is 1.90 bits per heavy atom. The van der Waals surface area contributed by atoms with E-state index in [1.807, 2.05) is 0 Å². The van der Waals surface area contributed by atoms with Crippen LogP contribution in [-0.4, -0.2) is 28.1 Å². The molecular formula is C6H8IN2O+. The van der Waals surface area contributed by atoms with Gasteiger partial charge in [0.15, 0.2) is 6.04 Å². The highest BCUT2D eigenvalue weighted by Crippen LogP contribution is 2.19. The fourth-order valence-corrected chi connectivity index (χ4v) is 1.85. The third kappa shape index (κ3) is 0.902. The summed E-state index contributed by atoms with van der Waals surface area (Å²) < 4.78 is 8.49. The van der Waals surface area contributed by atoms with Crippen molar-refractivity contribution in [2.24, 2.45) is 0 Å². The molecule has 1 saturated heterocycles. The molecule has 0 spiro atoms. The van der Waals surface area contributed by atoms with Gasteiger partial charge in [-0.3, -0.25) is 0 Å². The van der Waals surface area contributed by atoms with Crippen molar-refractivity contribution in [3.63, 3.8) is 0 Å². The van der Waals surface area contributed by atoms with Crippen LogP contribution < -0.4 is 5.32 Å². The molecule has 2 aliphatic rings. The molecule has 1 fully saturated rings. The Morgan fingerprint density at radius 3 is 3.30 bits per heavy atom. The van der Waals surface area contributed by atoms with Gasteiger partial charge in [-0.05, 0) is 0 Å². The second-order valence-electron chi connectivity index (χ2n) is 2.37. The molecular weight excluding hydrogens is 243 g/mol. The van der Waals surface area contributed by atoms with Crippen LogP contribution in [0.5, 0.6) is 0 Å². The van der Waals surface area contributed by atoms with Crippen LogP contribution in [-0.2, 0) is 4.74 Å². The molecule has 0 aromatic carbocycles. The Balaban J connectivity index is 2.19. The van der Waals surface area contributed by atoms with Gasteiger partial charge >= 0.3 is 3.84 Å². The number of hydrogen-bond donors (Lipinski definition) is 1. The van der Waals surface area contributed by atoms with Crippen molar-refractivity contribution in [1.29, 1.82) is 0 Å². The maximum absolute atomic E-state index is 5.06. The predicted octanol–water partition coefficient (Wildman–Crippen LogP) is 0.263. The molecule has 0 radical (unpaired) electrons. The van der Waals surface area contributed by atoms with E-state index in [1.54, 1.807) is 7.11 Å². The topological polar surface area (TPSA) is 24.3 Å². The third-order valence-electron chi connectivity index (χ3n) is 1.69. The number of nitrogens with one attached hydrogen (secondary N) is 1. The Hall–Kier alpha value is -0.260. The van der Waals surface area contributed by atoms with Crippen molar-refractivity contribution in [1.82, 2.24) is 5.32 Å². The van der Waals surface area contributed by atoms with E-state index in [-0.39, 0.29) is 0 Å². The second-order valence-corrected chi connectivity index (χ2v) is 3.39. The van der Waals surface area contributed by atoms with Crippen molar-refractivity contribution in [2.45, 2.75) is 6.04 Å². The zero-order valence-electron chi connectivity index (χ0n) is 5.60. The lowest BCUT2D eigenvalue weighted by Crippen LogP contribution is -2.25. The number of rotatable bonds is 1. The summed E-state index contributed by atoms with van der Waals surface area (Å²) in [5.74, 6) is 0.878. The molecule has 1 atom stereocenters. The molecule has 0 aromatic heterocycles. The number of fused-ring (bicyclic) bond motifs is 1. The minimum absolute atomic E-state index is 0.600. The molecule has 0 unspecified atom stereocenters. The number of halogens is 1. The molecule has 2 aliphatic heterocycles. The van der Waals surface area contributed by atoms with Gasteiger partial charge < -0.3 is 4.74 Å². The summed E-state index contributed by atoms with van der Waals surface area (Å²) in [6, 6.07) is 0.600. The Labute approximate surface area is 72.9 Å². The van der Waals surface area contributed by atoms with Gasteiger partial charge in [0.2, 0.25) is 0 Å². The summed E-state index contributed by atoms with van der Waals surface area (Å²) in [6.07, 6.45) is 2.10. The largest absolute Gasteiger partial charge is 0.466 e. The number of ether oxygens (including phenoxy) is 1. The van der Waals surface area contributed by atoms with Gasteiger partial charge in [0.05, 0.1) is 29.7 Å². The fraction of sp³-hybridized carbons (Fsp3) is 0.500. The number of hydrogen-bond acceptors (Lipinski definition) is 2. The maximum atomic E-state index is 5.06. The molecule has 0 saturated carbocycles. The van der Waals surface area contributed by atoms with Crippen LogP contribution in [0.2, 0.25) is 0 Å². The van der Waals surface area contributed by atoms with Crippen molar-refractivity contribution < 1.29 is 9.31 Å². The van der Waals surface area contributed by atoms with E-state index < -0.39 is 0 Å². The van der Waals surface area contributed by atoms with E-state index in [0.29, 0.717) is 6.04 Å². The van der Waals surface area contributed by atoms with Crippen LogP contribution in [0.3, 0.4) is 0 Å². The molecule has 3 nitrogen and oxygen atoms in total. The van der Waals surface area contributed by atoms with E-state index in [9.17, 15) is 0 Å². The van der Waals surface area contributed by atoms with Gasteiger partial charge in [-0.15, -0.1) is 0 Å². The Bertz CT molecular complexity index is 234. The zero-order valence-corrected chi connectivity index (χ0v) is 7.75. The molecule has 2 heterocycles. The average Bonchev–Trinajstić information content (AvgIpc) is 2.66. The van der Waals surface area contributed by atoms with Crippen molar-refractivity contribution in [2.75, 3.05) is 13.7 Å². The quantitative estimate of drug-likeness (QED) is 0.313. The Kier molecular flexibility index (Phi) is 1.36. The first-order valence-electron chi connectivity index (χ1n) is 3.13. The highest BCUT2D eigenvalue weighted by molar-refractivity contribution is 14.1. The molecule has 54 valence electrons. The molecule has 0 amide bonds. The monoisotopic (exact) mass is 251 g/mol. The van der Waals surface area contributed by atoms with E-state index in [4.69, 9.17) is 4.74 Å². The van der Waals surface area contributed by atoms with Gasteiger partial charge in [-0.1, -0.05) is 0 Å².